The summed E-state index contributed by atoms with van der Waals surface area (Å²) in [5, 5.41) is 6.17. The van der Waals surface area contributed by atoms with Crippen molar-refractivity contribution < 1.29 is 4.79 Å². The Morgan fingerprint density at radius 1 is 1.35 bits per heavy atom. The molecule has 0 radical (unpaired) electrons. The van der Waals surface area contributed by atoms with Crippen LogP contribution >= 0.6 is 0 Å². The molecule has 1 amide bonds. The van der Waals surface area contributed by atoms with Crippen LogP contribution in [0.4, 0.5) is 5.69 Å². The van der Waals surface area contributed by atoms with Gasteiger partial charge in [0.1, 0.15) is 6.04 Å². The minimum Gasteiger partial charge on any atom is -0.360 e. The first-order chi connectivity index (χ1) is 9.61. The summed E-state index contributed by atoms with van der Waals surface area (Å²) in [6.07, 6.45) is 2.02. The lowest BCUT2D eigenvalue weighted by Gasteiger charge is -2.25. The number of anilines is 1. The highest BCUT2D eigenvalue weighted by Crippen LogP contribution is 2.25. The molecule has 1 atom stereocenters. The van der Waals surface area contributed by atoms with Crippen LogP contribution in [-0.2, 0) is 11.3 Å². The number of carbonyl (C=O) groups excluding carboxylic acids is 1. The van der Waals surface area contributed by atoms with E-state index in [1.807, 2.05) is 0 Å². The van der Waals surface area contributed by atoms with E-state index < -0.39 is 0 Å². The van der Waals surface area contributed by atoms with Gasteiger partial charge in [0.05, 0.1) is 0 Å². The number of carbonyl (C=O) groups is 1. The normalized spacial score (nSPS) is 18.6. The van der Waals surface area contributed by atoms with E-state index in [1.165, 1.54) is 5.56 Å². The van der Waals surface area contributed by atoms with E-state index in [1.54, 1.807) is 7.05 Å². The van der Waals surface area contributed by atoms with Gasteiger partial charge in [0.2, 0.25) is 5.91 Å². The van der Waals surface area contributed by atoms with Gasteiger partial charge in [-0.25, -0.2) is 0 Å². The summed E-state index contributed by atoms with van der Waals surface area (Å²) in [7, 11) is 1.71. The molecule has 0 bridgehead atoms. The van der Waals surface area contributed by atoms with Crippen molar-refractivity contribution in [1.82, 2.24) is 10.6 Å². The molecule has 1 aliphatic heterocycles. The number of amides is 1. The summed E-state index contributed by atoms with van der Waals surface area (Å²) in [6.45, 7) is 6.14. The SMILES string of the molecule is CNC(=O)C1CCCN1c1ccc(CNC(C)C)cc1. The third kappa shape index (κ3) is 3.51. The fourth-order valence-corrected chi connectivity index (χ4v) is 2.64. The summed E-state index contributed by atoms with van der Waals surface area (Å²) in [5.41, 5.74) is 2.42. The molecule has 4 heteroatoms. The topological polar surface area (TPSA) is 44.4 Å². The standard InChI is InChI=1S/C16H25N3O/c1-12(2)18-11-13-6-8-14(9-7-13)19-10-4-5-15(19)16(20)17-3/h6-9,12,15,18H,4-5,10-11H2,1-3H3,(H,17,20). The zero-order chi connectivity index (χ0) is 14.5. The van der Waals surface area contributed by atoms with Crippen molar-refractivity contribution in [2.75, 3.05) is 18.5 Å². The molecule has 0 spiro atoms. The number of hydrogen-bond acceptors (Lipinski definition) is 3. The first-order valence-corrected chi connectivity index (χ1v) is 7.42. The molecule has 1 heterocycles. The Bertz CT molecular complexity index is 442. The molecule has 0 aromatic heterocycles. The van der Waals surface area contributed by atoms with Gasteiger partial charge in [-0.1, -0.05) is 26.0 Å². The third-order valence-corrected chi connectivity index (χ3v) is 3.78. The van der Waals surface area contributed by atoms with Crippen molar-refractivity contribution in [1.29, 1.82) is 0 Å². The van der Waals surface area contributed by atoms with Crippen LogP contribution in [0.15, 0.2) is 24.3 Å². The quantitative estimate of drug-likeness (QED) is 0.862. The fraction of sp³-hybridized carbons (Fsp3) is 0.562. The zero-order valence-corrected chi connectivity index (χ0v) is 12.6. The highest BCUT2D eigenvalue weighted by Gasteiger charge is 2.29. The van der Waals surface area contributed by atoms with Gasteiger partial charge in [0.25, 0.3) is 0 Å². The third-order valence-electron chi connectivity index (χ3n) is 3.78. The van der Waals surface area contributed by atoms with E-state index in [-0.39, 0.29) is 11.9 Å². The van der Waals surface area contributed by atoms with Gasteiger partial charge in [0.15, 0.2) is 0 Å². The number of likely N-dealkylation sites (N-methyl/N-ethyl adjacent to an activating group) is 1. The molecular weight excluding hydrogens is 250 g/mol. The molecule has 20 heavy (non-hydrogen) atoms. The molecule has 2 N–H and O–H groups in total. The molecule has 1 aromatic carbocycles. The molecule has 1 aromatic rings. The Kier molecular flexibility index (Phi) is 5.01. The Morgan fingerprint density at radius 3 is 2.65 bits per heavy atom. The van der Waals surface area contributed by atoms with E-state index in [2.05, 4.69) is 53.6 Å². The van der Waals surface area contributed by atoms with E-state index in [9.17, 15) is 4.79 Å². The summed E-state index contributed by atoms with van der Waals surface area (Å²) in [4.78, 5) is 14.1. The number of benzene rings is 1. The molecule has 4 nitrogen and oxygen atoms in total. The van der Waals surface area contributed by atoms with Crippen molar-refractivity contribution in [2.24, 2.45) is 0 Å². The summed E-state index contributed by atoms with van der Waals surface area (Å²) in [6, 6.07) is 9.01. The van der Waals surface area contributed by atoms with Crippen LogP contribution in [-0.4, -0.2) is 31.6 Å². The van der Waals surface area contributed by atoms with Crippen LogP contribution in [0.25, 0.3) is 0 Å². The molecule has 1 aliphatic rings. The number of nitrogens with one attached hydrogen (secondary N) is 2. The average molecular weight is 275 g/mol. The highest BCUT2D eigenvalue weighted by atomic mass is 16.2. The van der Waals surface area contributed by atoms with Gasteiger partial charge in [-0.3, -0.25) is 4.79 Å². The number of hydrogen-bond donors (Lipinski definition) is 2. The van der Waals surface area contributed by atoms with E-state index in [0.29, 0.717) is 6.04 Å². The lowest BCUT2D eigenvalue weighted by atomic mass is 10.1. The lowest BCUT2D eigenvalue weighted by Crippen LogP contribution is -2.41. The Balaban J connectivity index is 2.03. The summed E-state index contributed by atoms with van der Waals surface area (Å²) < 4.78 is 0. The van der Waals surface area contributed by atoms with Crippen LogP contribution in [0.1, 0.15) is 32.3 Å². The smallest absolute Gasteiger partial charge is 0.242 e. The monoisotopic (exact) mass is 275 g/mol. The van der Waals surface area contributed by atoms with Gasteiger partial charge < -0.3 is 15.5 Å². The second-order valence-electron chi connectivity index (χ2n) is 5.67. The maximum Gasteiger partial charge on any atom is 0.242 e. The molecule has 0 aliphatic carbocycles. The minimum absolute atomic E-state index is 0.0142. The predicted octanol–water partition coefficient (Wildman–Crippen LogP) is 1.90. The fourth-order valence-electron chi connectivity index (χ4n) is 2.64. The molecule has 1 fully saturated rings. The van der Waals surface area contributed by atoms with Crippen molar-refractivity contribution in [3.63, 3.8) is 0 Å². The van der Waals surface area contributed by atoms with Crippen molar-refractivity contribution in [3.8, 4) is 0 Å². The molecular formula is C16H25N3O. The Labute approximate surface area is 121 Å². The van der Waals surface area contributed by atoms with Gasteiger partial charge in [0, 0.05) is 31.9 Å². The zero-order valence-electron chi connectivity index (χ0n) is 12.6. The number of nitrogens with zero attached hydrogens (tertiary/aromatic N) is 1. The van der Waals surface area contributed by atoms with Gasteiger partial charge in [-0.2, -0.15) is 0 Å². The molecule has 0 saturated carbocycles. The first-order valence-electron chi connectivity index (χ1n) is 7.42. The second kappa shape index (κ2) is 6.75. The molecule has 110 valence electrons. The summed E-state index contributed by atoms with van der Waals surface area (Å²) in [5.74, 6) is 0.119. The average Bonchev–Trinajstić information content (AvgIpc) is 2.94. The Hall–Kier alpha value is -1.55. The second-order valence-corrected chi connectivity index (χ2v) is 5.67. The highest BCUT2D eigenvalue weighted by molar-refractivity contribution is 5.85. The number of rotatable bonds is 5. The molecule has 1 unspecified atom stereocenters. The van der Waals surface area contributed by atoms with E-state index >= 15 is 0 Å². The van der Waals surface area contributed by atoms with E-state index in [4.69, 9.17) is 0 Å². The van der Waals surface area contributed by atoms with Crippen molar-refractivity contribution >= 4 is 11.6 Å². The largest absolute Gasteiger partial charge is 0.360 e. The van der Waals surface area contributed by atoms with Crippen LogP contribution in [0, 0.1) is 0 Å². The van der Waals surface area contributed by atoms with Gasteiger partial charge in [-0.05, 0) is 30.5 Å². The van der Waals surface area contributed by atoms with Gasteiger partial charge >= 0.3 is 0 Å². The minimum atomic E-state index is -0.0142. The predicted molar refractivity (Wildman–Crippen MR) is 82.9 cm³/mol. The van der Waals surface area contributed by atoms with Crippen LogP contribution in [0.5, 0.6) is 0 Å². The van der Waals surface area contributed by atoms with E-state index in [0.717, 1.165) is 31.6 Å². The lowest BCUT2D eigenvalue weighted by molar-refractivity contribution is -0.121. The first kappa shape index (κ1) is 14.9. The molecule has 1 saturated heterocycles. The van der Waals surface area contributed by atoms with Crippen LogP contribution in [0.2, 0.25) is 0 Å². The summed E-state index contributed by atoms with van der Waals surface area (Å²) >= 11 is 0. The van der Waals surface area contributed by atoms with Crippen LogP contribution in [0.3, 0.4) is 0 Å². The Morgan fingerprint density at radius 2 is 2.05 bits per heavy atom. The van der Waals surface area contributed by atoms with Crippen LogP contribution < -0.4 is 15.5 Å². The molecule has 2 rings (SSSR count). The van der Waals surface area contributed by atoms with Gasteiger partial charge in [-0.15, -0.1) is 0 Å². The maximum absolute atomic E-state index is 11.9. The van der Waals surface area contributed by atoms with Crippen molar-refractivity contribution in [2.45, 2.75) is 45.3 Å². The van der Waals surface area contributed by atoms with Crippen molar-refractivity contribution in [3.05, 3.63) is 29.8 Å². The maximum atomic E-state index is 11.9.